The Morgan fingerprint density at radius 2 is 1.89 bits per heavy atom. The number of benzene rings is 2. The zero-order chi connectivity index (χ0) is 24.6. The van der Waals surface area contributed by atoms with E-state index in [1.165, 1.54) is 19.5 Å². The average Bonchev–Trinajstić information content (AvgIpc) is 3.28. The molecule has 0 spiro atoms. The molecule has 8 nitrogen and oxygen atoms in total. The van der Waals surface area contributed by atoms with Gasteiger partial charge >= 0.3 is 0 Å². The number of hydrogen-bond donors (Lipinski definition) is 4. The van der Waals surface area contributed by atoms with Gasteiger partial charge < -0.3 is 30.1 Å². The lowest BCUT2D eigenvalue weighted by Crippen LogP contribution is -2.52. The Kier molecular flexibility index (Phi) is 5.95. The summed E-state index contributed by atoms with van der Waals surface area (Å²) in [4.78, 5) is 4.21. The maximum absolute atomic E-state index is 12.6. The van der Waals surface area contributed by atoms with Gasteiger partial charge in [0.05, 0.1) is 49.4 Å². The fraction of sp³-hybridized carbons (Fsp3) is 0.333. The summed E-state index contributed by atoms with van der Waals surface area (Å²) in [6, 6.07) is 18.7. The Morgan fingerprint density at radius 3 is 2.54 bits per heavy atom. The van der Waals surface area contributed by atoms with Crippen LogP contribution in [0.5, 0.6) is 11.5 Å². The minimum absolute atomic E-state index is 0.0529. The summed E-state index contributed by atoms with van der Waals surface area (Å²) in [7, 11) is 1.48. The molecule has 0 radical (unpaired) electrons. The van der Waals surface area contributed by atoms with E-state index in [9.17, 15) is 20.6 Å². The Labute approximate surface area is 203 Å². The van der Waals surface area contributed by atoms with Crippen molar-refractivity contribution in [3.05, 3.63) is 89.2 Å². The highest BCUT2D eigenvalue weighted by atomic mass is 16.5. The molecular weight excluding hydrogens is 446 g/mol. The molecule has 1 aliphatic heterocycles. The molecule has 1 aromatic heterocycles. The molecule has 35 heavy (non-hydrogen) atoms. The summed E-state index contributed by atoms with van der Waals surface area (Å²) in [5.74, 6) is -0.344. The smallest absolute Gasteiger partial charge is 0.177 e. The molecule has 0 amide bonds. The van der Waals surface area contributed by atoms with Crippen LogP contribution in [0.2, 0.25) is 0 Å². The Hall–Kier alpha value is -3.48. The lowest BCUT2D eigenvalue weighted by molar-refractivity contribution is -0.152. The zero-order valence-electron chi connectivity index (χ0n) is 19.3. The molecule has 8 heteroatoms. The maximum atomic E-state index is 12.6. The van der Waals surface area contributed by atoms with Crippen LogP contribution in [0.1, 0.15) is 28.2 Å². The molecular formula is C27H27N3O5. The van der Waals surface area contributed by atoms with Crippen LogP contribution in [0.15, 0.2) is 67.0 Å². The van der Waals surface area contributed by atoms with Crippen LogP contribution >= 0.6 is 0 Å². The van der Waals surface area contributed by atoms with E-state index in [4.69, 9.17) is 9.47 Å². The number of aromatic nitrogens is 1. The summed E-state index contributed by atoms with van der Waals surface area (Å²) in [6.07, 6.45) is 1.76. The van der Waals surface area contributed by atoms with Crippen molar-refractivity contribution in [2.45, 2.75) is 23.2 Å². The van der Waals surface area contributed by atoms with Crippen LogP contribution in [-0.4, -0.2) is 53.2 Å². The molecule has 5 rings (SSSR count). The lowest BCUT2D eigenvalue weighted by atomic mass is 9.70. The Morgan fingerprint density at radius 1 is 1.14 bits per heavy atom. The van der Waals surface area contributed by atoms with E-state index in [-0.39, 0.29) is 6.61 Å². The highest BCUT2D eigenvalue weighted by Crippen LogP contribution is 2.69. The molecule has 1 unspecified atom stereocenters. The normalized spacial score (nSPS) is 28.6. The van der Waals surface area contributed by atoms with Crippen molar-refractivity contribution in [1.29, 1.82) is 5.26 Å². The second kappa shape index (κ2) is 8.95. The first-order valence-corrected chi connectivity index (χ1v) is 11.5. The third kappa shape index (κ3) is 3.24. The van der Waals surface area contributed by atoms with Gasteiger partial charge in [0.1, 0.15) is 11.5 Å². The number of aliphatic hydroxyl groups is 3. The van der Waals surface area contributed by atoms with Crippen LogP contribution in [-0.2, 0) is 11.2 Å². The van der Waals surface area contributed by atoms with Crippen molar-refractivity contribution >= 4 is 0 Å². The number of methoxy groups -OCH3 is 1. The molecule has 1 saturated carbocycles. The quantitative estimate of drug-likeness (QED) is 0.383. The molecule has 4 N–H and O–H groups in total. The predicted octanol–water partition coefficient (Wildman–Crippen LogP) is 1.79. The van der Waals surface area contributed by atoms with Crippen molar-refractivity contribution in [2.75, 3.05) is 26.8 Å². The molecule has 2 aliphatic rings. The number of nitrogens with one attached hydrogen (secondary N) is 1. The summed E-state index contributed by atoms with van der Waals surface area (Å²) in [6.45, 7) is 0.619. The lowest BCUT2D eigenvalue weighted by Gasteiger charge is -2.41. The average molecular weight is 474 g/mol. The molecule has 1 aliphatic carbocycles. The van der Waals surface area contributed by atoms with Crippen molar-refractivity contribution in [3.63, 3.8) is 0 Å². The van der Waals surface area contributed by atoms with Gasteiger partial charge in [-0.3, -0.25) is 4.98 Å². The van der Waals surface area contributed by atoms with Gasteiger partial charge in [-0.15, -0.1) is 0 Å². The van der Waals surface area contributed by atoms with E-state index in [2.05, 4.69) is 16.4 Å². The number of nitrogens with zero attached hydrogens (tertiary/aromatic N) is 2. The summed E-state index contributed by atoms with van der Waals surface area (Å²) in [5, 5.41) is 46.4. The van der Waals surface area contributed by atoms with Crippen LogP contribution < -0.4 is 14.8 Å². The van der Waals surface area contributed by atoms with Crippen molar-refractivity contribution in [1.82, 2.24) is 10.3 Å². The van der Waals surface area contributed by atoms with Crippen LogP contribution in [0.25, 0.3) is 0 Å². The number of ether oxygens (including phenoxy) is 2. The van der Waals surface area contributed by atoms with Gasteiger partial charge in [-0.05, 0) is 23.3 Å². The number of rotatable bonds is 7. The molecule has 1 fully saturated rings. The molecule has 2 heterocycles. The summed E-state index contributed by atoms with van der Waals surface area (Å²) < 4.78 is 12.3. The van der Waals surface area contributed by atoms with Crippen molar-refractivity contribution in [2.24, 2.45) is 5.92 Å². The van der Waals surface area contributed by atoms with Crippen molar-refractivity contribution in [3.8, 4) is 17.6 Å². The third-order valence-electron chi connectivity index (χ3n) is 7.28. The predicted molar refractivity (Wildman–Crippen MR) is 127 cm³/mol. The Bertz CT molecular complexity index is 1250. The third-order valence-corrected chi connectivity index (χ3v) is 7.28. The Balaban J connectivity index is 1.80. The van der Waals surface area contributed by atoms with E-state index >= 15 is 0 Å². The first kappa shape index (κ1) is 23.3. The first-order chi connectivity index (χ1) is 17.0. The highest BCUT2D eigenvalue weighted by Gasteiger charge is 2.76. The number of aliphatic hydroxyl groups excluding tert-OH is 2. The summed E-state index contributed by atoms with van der Waals surface area (Å²) >= 11 is 0. The van der Waals surface area contributed by atoms with E-state index in [1.54, 1.807) is 24.3 Å². The van der Waals surface area contributed by atoms with Crippen molar-refractivity contribution < 1.29 is 24.8 Å². The van der Waals surface area contributed by atoms with Gasteiger partial charge in [0.25, 0.3) is 0 Å². The van der Waals surface area contributed by atoms with Gasteiger partial charge in [0, 0.05) is 24.9 Å². The zero-order valence-corrected chi connectivity index (χ0v) is 19.3. The minimum atomic E-state index is -1.89. The molecule has 5 atom stereocenters. The molecule has 0 bridgehead atoms. The minimum Gasteiger partial charge on any atom is -0.495 e. The monoisotopic (exact) mass is 473 g/mol. The van der Waals surface area contributed by atoms with Gasteiger partial charge in [0.2, 0.25) is 0 Å². The largest absolute Gasteiger partial charge is 0.495 e. The van der Waals surface area contributed by atoms with E-state index in [0.717, 1.165) is 5.56 Å². The maximum Gasteiger partial charge on any atom is 0.177 e. The second-order valence-corrected chi connectivity index (χ2v) is 8.93. The standard InChI is InChI=1S/C27H27N3O5/c1-34-21-15-30-16-22-24(21)26(33)25(32)20(14-29-11-12-31)23(18-5-3-2-4-6-18)27(26,35-22)19-9-7-17(13-28)8-10-19/h2-10,15-16,20,23,25,29,31-33H,11-12,14H2,1H3/t20-,23?,25-,26+,27+/m1/s1. The SMILES string of the molecule is COc1cncc2c1[C@]1(O)[C@H](O)[C@H](CNCCO)C(c3ccccc3)[C@]1(c1ccc(C#N)cc1)O2. The molecule has 0 saturated heterocycles. The van der Waals surface area contributed by atoms with Gasteiger partial charge in [-0.25, -0.2) is 0 Å². The van der Waals surface area contributed by atoms with Crippen LogP contribution in [0.4, 0.5) is 0 Å². The number of nitriles is 1. The van der Waals surface area contributed by atoms with Gasteiger partial charge in [-0.1, -0.05) is 42.5 Å². The van der Waals surface area contributed by atoms with E-state index in [1.807, 2.05) is 30.3 Å². The van der Waals surface area contributed by atoms with E-state index < -0.39 is 29.1 Å². The number of pyridine rings is 1. The number of hydrogen-bond acceptors (Lipinski definition) is 8. The van der Waals surface area contributed by atoms with Crippen LogP contribution in [0.3, 0.4) is 0 Å². The topological polar surface area (TPSA) is 128 Å². The molecule has 2 aromatic carbocycles. The second-order valence-electron chi connectivity index (χ2n) is 8.93. The van der Waals surface area contributed by atoms with Crippen LogP contribution in [0, 0.1) is 17.2 Å². The van der Waals surface area contributed by atoms with Gasteiger partial charge in [0.15, 0.2) is 11.2 Å². The van der Waals surface area contributed by atoms with Gasteiger partial charge in [-0.2, -0.15) is 5.26 Å². The van der Waals surface area contributed by atoms with E-state index in [0.29, 0.717) is 41.3 Å². The highest BCUT2D eigenvalue weighted by molar-refractivity contribution is 5.59. The first-order valence-electron chi connectivity index (χ1n) is 11.5. The fourth-order valence-corrected chi connectivity index (χ4v) is 5.90. The number of fused-ring (bicyclic) bond motifs is 3. The molecule has 3 aromatic rings. The fourth-order valence-electron chi connectivity index (χ4n) is 5.90. The summed E-state index contributed by atoms with van der Waals surface area (Å²) in [5.41, 5.74) is -1.02. The molecule has 180 valence electrons.